The fourth-order valence-corrected chi connectivity index (χ4v) is 0.743. The molecule has 1 aromatic rings. The lowest BCUT2D eigenvalue weighted by Gasteiger charge is -1.92. The van der Waals surface area contributed by atoms with Crippen molar-refractivity contribution in [2.45, 2.75) is 26.7 Å². The molecule has 0 aliphatic carbocycles. The molecule has 0 saturated carbocycles. The number of hydrogen-bond donors (Lipinski definition) is 0. The molecule has 0 aromatic carbocycles. The predicted molar refractivity (Wildman–Crippen MR) is 43.1 cm³/mol. The van der Waals surface area contributed by atoms with Gasteiger partial charge in [0.2, 0.25) is 5.76 Å². The molecule has 0 radical (unpaired) electrons. The number of rotatable bonds is 1. The molecule has 1 aromatic heterocycles. The molecule has 0 aliphatic rings. The van der Waals surface area contributed by atoms with Gasteiger partial charge in [0.15, 0.2) is 0 Å². The van der Waals surface area contributed by atoms with Gasteiger partial charge in [0, 0.05) is 6.07 Å². The van der Waals surface area contributed by atoms with E-state index in [9.17, 15) is 0 Å². The first-order valence-electron chi connectivity index (χ1n) is 3.63. The quantitative estimate of drug-likeness (QED) is 0.572. The van der Waals surface area contributed by atoms with Crippen LogP contribution < -0.4 is 0 Å². The fraction of sp³-hybridized carbons (Fsp3) is 0.444. The minimum absolute atomic E-state index is 0.408. The van der Waals surface area contributed by atoms with E-state index in [1.54, 1.807) is 6.92 Å². The topological polar surface area (TPSA) is 26.0 Å². The minimum Gasteiger partial charge on any atom is -0.347 e. The third kappa shape index (κ3) is 1.84. The summed E-state index contributed by atoms with van der Waals surface area (Å²) >= 11 is 0. The van der Waals surface area contributed by atoms with E-state index >= 15 is 0 Å². The summed E-state index contributed by atoms with van der Waals surface area (Å²) in [6, 6.07) is 1.88. The summed E-state index contributed by atoms with van der Waals surface area (Å²) in [5, 5.41) is 3.86. The van der Waals surface area contributed by atoms with Crippen LogP contribution in [-0.4, -0.2) is 5.16 Å². The summed E-state index contributed by atoms with van der Waals surface area (Å²) in [5.74, 6) is 6.61. The van der Waals surface area contributed by atoms with E-state index in [2.05, 4.69) is 30.8 Å². The molecule has 0 N–H and O–H groups in total. The maximum atomic E-state index is 4.94. The first kappa shape index (κ1) is 7.87. The SMILES string of the molecule is CC#Cc1cc(C(C)C)no1. The standard InChI is InChI=1S/C9H11NO/c1-4-5-8-6-9(7(2)3)10-11-8/h6-7H,1-3H3. The van der Waals surface area contributed by atoms with Gasteiger partial charge >= 0.3 is 0 Å². The third-order valence-electron chi connectivity index (χ3n) is 1.37. The second-order valence-corrected chi connectivity index (χ2v) is 2.65. The van der Waals surface area contributed by atoms with Crippen molar-refractivity contribution in [3.8, 4) is 11.8 Å². The molecule has 58 valence electrons. The Labute approximate surface area is 66.6 Å². The van der Waals surface area contributed by atoms with Crippen molar-refractivity contribution in [3.05, 3.63) is 17.5 Å². The molecular formula is C9H11NO. The van der Waals surface area contributed by atoms with Gasteiger partial charge in [-0.15, -0.1) is 0 Å². The Balaban J connectivity index is 2.87. The van der Waals surface area contributed by atoms with Gasteiger partial charge in [-0.2, -0.15) is 0 Å². The molecule has 0 atom stereocenters. The highest BCUT2D eigenvalue weighted by Gasteiger charge is 2.04. The lowest BCUT2D eigenvalue weighted by molar-refractivity contribution is 0.400. The normalized spacial score (nSPS) is 9.45. The average molecular weight is 149 g/mol. The van der Waals surface area contributed by atoms with E-state index in [-0.39, 0.29) is 0 Å². The van der Waals surface area contributed by atoms with Crippen molar-refractivity contribution in [2.75, 3.05) is 0 Å². The minimum atomic E-state index is 0.408. The van der Waals surface area contributed by atoms with Crippen molar-refractivity contribution in [1.29, 1.82) is 0 Å². The summed E-state index contributed by atoms with van der Waals surface area (Å²) < 4.78 is 4.94. The van der Waals surface area contributed by atoms with Crippen molar-refractivity contribution in [2.24, 2.45) is 0 Å². The van der Waals surface area contributed by atoms with Crippen LogP contribution in [0.1, 0.15) is 38.1 Å². The summed E-state index contributed by atoms with van der Waals surface area (Å²) in [6.45, 7) is 5.92. The van der Waals surface area contributed by atoms with Crippen LogP contribution in [0.5, 0.6) is 0 Å². The first-order chi connectivity index (χ1) is 5.24. The average Bonchev–Trinajstić information content (AvgIpc) is 2.37. The van der Waals surface area contributed by atoms with E-state index in [4.69, 9.17) is 4.52 Å². The molecular weight excluding hydrogens is 138 g/mol. The van der Waals surface area contributed by atoms with Gasteiger partial charge in [-0.25, -0.2) is 0 Å². The smallest absolute Gasteiger partial charge is 0.209 e. The monoisotopic (exact) mass is 149 g/mol. The third-order valence-corrected chi connectivity index (χ3v) is 1.37. The molecule has 11 heavy (non-hydrogen) atoms. The Morgan fingerprint density at radius 3 is 2.73 bits per heavy atom. The Kier molecular flexibility index (Phi) is 2.32. The molecule has 1 heterocycles. The van der Waals surface area contributed by atoms with Gasteiger partial charge < -0.3 is 4.52 Å². The van der Waals surface area contributed by atoms with Crippen LogP contribution in [0.15, 0.2) is 10.6 Å². The van der Waals surface area contributed by atoms with Gasteiger partial charge in [0.05, 0.1) is 5.69 Å². The highest BCUT2D eigenvalue weighted by molar-refractivity contribution is 5.25. The van der Waals surface area contributed by atoms with E-state index in [0.717, 1.165) is 5.69 Å². The largest absolute Gasteiger partial charge is 0.347 e. The number of aromatic nitrogens is 1. The Bertz CT molecular complexity index is 288. The maximum absolute atomic E-state index is 4.94. The molecule has 0 spiro atoms. The molecule has 0 amide bonds. The Morgan fingerprint density at radius 1 is 1.55 bits per heavy atom. The van der Waals surface area contributed by atoms with Crippen LogP contribution >= 0.6 is 0 Å². The van der Waals surface area contributed by atoms with Gasteiger partial charge in [-0.1, -0.05) is 24.9 Å². The van der Waals surface area contributed by atoms with Gasteiger partial charge in [-0.3, -0.25) is 0 Å². The first-order valence-corrected chi connectivity index (χ1v) is 3.63. The van der Waals surface area contributed by atoms with Crippen molar-refractivity contribution in [3.63, 3.8) is 0 Å². The van der Waals surface area contributed by atoms with E-state index < -0.39 is 0 Å². The van der Waals surface area contributed by atoms with Crippen LogP contribution in [0.3, 0.4) is 0 Å². The maximum Gasteiger partial charge on any atom is 0.209 e. The van der Waals surface area contributed by atoms with Crippen LogP contribution in [-0.2, 0) is 0 Å². The second-order valence-electron chi connectivity index (χ2n) is 2.65. The molecule has 0 saturated heterocycles. The number of hydrogen-bond acceptors (Lipinski definition) is 2. The fourth-order valence-electron chi connectivity index (χ4n) is 0.743. The molecule has 2 heteroatoms. The molecule has 2 nitrogen and oxygen atoms in total. The Morgan fingerprint density at radius 2 is 2.27 bits per heavy atom. The van der Waals surface area contributed by atoms with Crippen molar-refractivity contribution in [1.82, 2.24) is 5.16 Å². The predicted octanol–water partition coefficient (Wildman–Crippen LogP) is 2.17. The van der Waals surface area contributed by atoms with Gasteiger partial charge in [-0.05, 0) is 18.8 Å². The second kappa shape index (κ2) is 3.25. The molecule has 0 aliphatic heterocycles. The summed E-state index contributed by atoms with van der Waals surface area (Å²) in [6.07, 6.45) is 0. The van der Waals surface area contributed by atoms with Crippen LogP contribution in [0.25, 0.3) is 0 Å². The zero-order valence-corrected chi connectivity index (χ0v) is 7.01. The summed E-state index contributed by atoms with van der Waals surface area (Å²) in [4.78, 5) is 0. The molecule has 0 unspecified atom stereocenters. The lowest BCUT2D eigenvalue weighted by Crippen LogP contribution is -1.84. The van der Waals surface area contributed by atoms with E-state index in [1.807, 2.05) is 6.07 Å². The molecule has 0 fully saturated rings. The zero-order valence-electron chi connectivity index (χ0n) is 7.01. The molecule has 1 rings (SSSR count). The van der Waals surface area contributed by atoms with Gasteiger partial charge in [0.1, 0.15) is 0 Å². The molecule has 0 bridgehead atoms. The highest BCUT2D eigenvalue weighted by atomic mass is 16.5. The number of nitrogens with zero attached hydrogens (tertiary/aromatic N) is 1. The van der Waals surface area contributed by atoms with E-state index in [0.29, 0.717) is 11.7 Å². The van der Waals surface area contributed by atoms with Crippen molar-refractivity contribution >= 4 is 0 Å². The summed E-state index contributed by atoms with van der Waals surface area (Å²) in [7, 11) is 0. The van der Waals surface area contributed by atoms with E-state index in [1.165, 1.54) is 0 Å². The Hall–Kier alpha value is -1.23. The van der Waals surface area contributed by atoms with Crippen LogP contribution in [0.2, 0.25) is 0 Å². The highest BCUT2D eigenvalue weighted by Crippen LogP contribution is 2.12. The van der Waals surface area contributed by atoms with Crippen LogP contribution in [0, 0.1) is 11.8 Å². The van der Waals surface area contributed by atoms with Crippen molar-refractivity contribution < 1.29 is 4.52 Å². The zero-order chi connectivity index (χ0) is 8.27. The lowest BCUT2D eigenvalue weighted by atomic mass is 10.1. The van der Waals surface area contributed by atoms with Crippen LogP contribution in [0.4, 0.5) is 0 Å². The van der Waals surface area contributed by atoms with Gasteiger partial charge in [0.25, 0.3) is 0 Å². The summed E-state index contributed by atoms with van der Waals surface area (Å²) in [5.41, 5.74) is 0.961.